The molecular formula is C25H31N7O3. The molecule has 2 aliphatic rings. The summed E-state index contributed by atoms with van der Waals surface area (Å²) < 4.78 is 7.71. The molecule has 2 aromatic carbocycles. The molecule has 10 nitrogen and oxygen atoms in total. The van der Waals surface area contributed by atoms with Crippen LogP contribution in [0.15, 0.2) is 48.5 Å². The number of tetrazole rings is 1. The monoisotopic (exact) mass is 477 g/mol. The molecule has 0 amide bonds. The van der Waals surface area contributed by atoms with E-state index in [1.807, 2.05) is 31.2 Å². The summed E-state index contributed by atoms with van der Waals surface area (Å²) in [7, 11) is 0. The predicted octanol–water partition coefficient (Wildman–Crippen LogP) is 4.01. The number of nitro benzene ring substituents is 1. The van der Waals surface area contributed by atoms with E-state index in [1.54, 1.807) is 12.1 Å². The van der Waals surface area contributed by atoms with Gasteiger partial charge < -0.3 is 9.64 Å². The summed E-state index contributed by atoms with van der Waals surface area (Å²) in [6.45, 7) is 5.90. The SMILES string of the molecule is CCOc1ccc(C(c2nnnn2C2CCCC2)N2CCN(c3ccc([N+](=O)[O-])cc3)CC2)cc1. The van der Waals surface area contributed by atoms with Crippen LogP contribution in [0.3, 0.4) is 0 Å². The molecular weight excluding hydrogens is 446 g/mol. The highest BCUT2D eigenvalue weighted by molar-refractivity contribution is 5.51. The highest BCUT2D eigenvalue weighted by atomic mass is 16.6. The normalized spacial score (nSPS) is 18.0. The predicted molar refractivity (Wildman–Crippen MR) is 132 cm³/mol. The van der Waals surface area contributed by atoms with Crippen molar-refractivity contribution in [1.29, 1.82) is 0 Å². The fourth-order valence-electron chi connectivity index (χ4n) is 5.25. The lowest BCUT2D eigenvalue weighted by Gasteiger charge is -2.40. The van der Waals surface area contributed by atoms with Crippen LogP contribution in [-0.2, 0) is 0 Å². The molecule has 1 aliphatic heterocycles. The highest BCUT2D eigenvalue weighted by Gasteiger charge is 2.33. The van der Waals surface area contributed by atoms with Gasteiger partial charge >= 0.3 is 0 Å². The molecule has 1 saturated carbocycles. The van der Waals surface area contributed by atoms with E-state index in [0.717, 1.165) is 61.8 Å². The third-order valence-corrected chi connectivity index (χ3v) is 7.05. The zero-order valence-electron chi connectivity index (χ0n) is 20.0. The van der Waals surface area contributed by atoms with E-state index in [-0.39, 0.29) is 16.7 Å². The number of piperazine rings is 1. The lowest BCUT2D eigenvalue weighted by Crippen LogP contribution is -2.48. The number of nitro groups is 1. The van der Waals surface area contributed by atoms with Crippen LogP contribution in [0.5, 0.6) is 5.75 Å². The van der Waals surface area contributed by atoms with Gasteiger partial charge in [0.2, 0.25) is 0 Å². The molecule has 35 heavy (non-hydrogen) atoms. The van der Waals surface area contributed by atoms with Gasteiger partial charge in [-0.05, 0) is 60.0 Å². The maximum Gasteiger partial charge on any atom is 0.269 e. The molecule has 184 valence electrons. The Bertz CT molecular complexity index is 1120. The van der Waals surface area contributed by atoms with E-state index in [0.29, 0.717) is 12.6 Å². The van der Waals surface area contributed by atoms with Crippen molar-refractivity contribution in [3.63, 3.8) is 0 Å². The van der Waals surface area contributed by atoms with E-state index < -0.39 is 0 Å². The van der Waals surface area contributed by atoms with Gasteiger partial charge in [0.1, 0.15) is 5.75 Å². The second kappa shape index (κ2) is 10.4. The van der Waals surface area contributed by atoms with Crippen molar-refractivity contribution in [2.75, 3.05) is 37.7 Å². The van der Waals surface area contributed by atoms with Gasteiger partial charge in [-0.25, -0.2) is 4.68 Å². The number of benzene rings is 2. The third-order valence-electron chi connectivity index (χ3n) is 7.05. The Morgan fingerprint density at radius 3 is 2.34 bits per heavy atom. The van der Waals surface area contributed by atoms with Crippen molar-refractivity contribution in [2.24, 2.45) is 0 Å². The number of hydrogen-bond donors (Lipinski definition) is 0. The standard InChI is InChI=1S/C25H31N7O3/c1-2-35-23-13-7-19(8-14-23)24(25-26-27-28-31(25)21-5-3-4-6-21)30-17-15-29(16-18-30)20-9-11-22(12-10-20)32(33)34/h7-14,21,24H,2-6,15-18H2,1H3. The zero-order valence-corrected chi connectivity index (χ0v) is 20.0. The molecule has 1 unspecified atom stereocenters. The molecule has 5 rings (SSSR count). The van der Waals surface area contributed by atoms with Gasteiger partial charge in [0, 0.05) is 44.0 Å². The molecule has 3 aromatic rings. The Balaban J connectivity index is 1.39. The van der Waals surface area contributed by atoms with E-state index in [1.165, 1.54) is 12.8 Å². The van der Waals surface area contributed by atoms with E-state index in [9.17, 15) is 10.1 Å². The fraction of sp³-hybridized carbons (Fsp3) is 0.480. The lowest BCUT2D eigenvalue weighted by molar-refractivity contribution is -0.384. The molecule has 0 N–H and O–H groups in total. The number of non-ortho nitro benzene ring substituents is 1. The number of aromatic nitrogens is 4. The van der Waals surface area contributed by atoms with E-state index >= 15 is 0 Å². The lowest BCUT2D eigenvalue weighted by atomic mass is 10.0. The second-order valence-electron chi connectivity index (χ2n) is 9.12. The van der Waals surface area contributed by atoms with Gasteiger partial charge in [0.05, 0.1) is 23.6 Å². The van der Waals surface area contributed by atoms with Crippen LogP contribution in [0.4, 0.5) is 11.4 Å². The van der Waals surface area contributed by atoms with Gasteiger partial charge in [-0.2, -0.15) is 0 Å². The number of rotatable bonds is 8. The first-order chi connectivity index (χ1) is 17.1. The average molecular weight is 478 g/mol. The Morgan fingerprint density at radius 1 is 1.03 bits per heavy atom. The minimum atomic E-state index is -0.363. The first kappa shape index (κ1) is 23.2. The van der Waals surface area contributed by atoms with Crippen LogP contribution in [0.25, 0.3) is 0 Å². The van der Waals surface area contributed by atoms with E-state index in [4.69, 9.17) is 4.74 Å². The number of ether oxygens (including phenoxy) is 1. The van der Waals surface area contributed by atoms with Crippen molar-refractivity contribution >= 4 is 11.4 Å². The maximum absolute atomic E-state index is 11.0. The van der Waals surface area contributed by atoms with Gasteiger partial charge in [0.25, 0.3) is 5.69 Å². The number of hydrogen-bond acceptors (Lipinski definition) is 8. The summed E-state index contributed by atoms with van der Waals surface area (Å²) in [6.07, 6.45) is 4.65. The topological polar surface area (TPSA) is 102 Å². The molecule has 1 atom stereocenters. The first-order valence-electron chi connectivity index (χ1n) is 12.4. The first-order valence-corrected chi connectivity index (χ1v) is 12.4. The molecule has 0 spiro atoms. The Hall–Kier alpha value is -3.53. The quantitative estimate of drug-likeness (QED) is 0.354. The van der Waals surface area contributed by atoms with Crippen molar-refractivity contribution < 1.29 is 9.66 Å². The van der Waals surface area contributed by atoms with Crippen LogP contribution in [0, 0.1) is 10.1 Å². The van der Waals surface area contributed by atoms with Gasteiger partial charge in [-0.3, -0.25) is 15.0 Å². The van der Waals surface area contributed by atoms with Crippen LogP contribution in [-0.4, -0.2) is 62.8 Å². The van der Waals surface area contributed by atoms with Gasteiger partial charge in [-0.1, -0.05) is 25.0 Å². The smallest absolute Gasteiger partial charge is 0.269 e. The number of anilines is 1. The molecule has 0 bridgehead atoms. The molecule has 2 heterocycles. The molecule has 1 saturated heterocycles. The van der Waals surface area contributed by atoms with Crippen LogP contribution >= 0.6 is 0 Å². The largest absolute Gasteiger partial charge is 0.494 e. The number of nitrogens with zero attached hydrogens (tertiary/aromatic N) is 7. The van der Waals surface area contributed by atoms with Crippen LogP contribution < -0.4 is 9.64 Å². The Morgan fingerprint density at radius 2 is 1.71 bits per heavy atom. The summed E-state index contributed by atoms with van der Waals surface area (Å²) in [4.78, 5) is 15.3. The van der Waals surface area contributed by atoms with Gasteiger partial charge in [-0.15, -0.1) is 5.10 Å². The van der Waals surface area contributed by atoms with Crippen molar-refractivity contribution in [1.82, 2.24) is 25.1 Å². The van der Waals surface area contributed by atoms with Crippen LogP contribution in [0.2, 0.25) is 0 Å². The van der Waals surface area contributed by atoms with Crippen LogP contribution in [0.1, 0.15) is 56.1 Å². The van der Waals surface area contributed by atoms with E-state index in [2.05, 4.69) is 42.1 Å². The Kier molecular flexibility index (Phi) is 6.89. The highest BCUT2D eigenvalue weighted by Crippen LogP contribution is 2.35. The maximum atomic E-state index is 11.0. The van der Waals surface area contributed by atoms with Crippen molar-refractivity contribution in [3.05, 3.63) is 70.0 Å². The summed E-state index contributed by atoms with van der Waals surface area (Å²) in [5.74, 6) is 1.75. The fourth-order valence-corrected chi connectivity index (χ4v) is 5.25. The average Bonchev–Trinajstić information content (AvgIpc) is 3.58. The second-order valence-corrected chi connectivity index (χ2v) is 9.12. The molecule has 1 aliphatic carbocycles. The summed E-state index contributed by atoms with van der Waals surface area (Å²) in [6, 6.07) is 15.4. The minimum Gasteiger partial charge on any atom is -0.494 e. The van der Waals surface area contributed by atoms with Crippen molar-refractivity contribution in [2.45, 2.75) is 44.7 Å². The third kappa shape index (κ3) is 4.97. The summed E-state index contributed by atoms with van der Waals surface area (Å²) in [5.41, 5.74) is 2.26. The molecule has 2 fully saturated rings. The molecule has 1 aromatic heterocycles. The Labute approximate surface area is 204 Å². The van der Waals surface area contributed by atoms with Gasteiger partial charge in [0.15, 0.2) is 5.82 Å². The minimum absolute atomic E-state index is 0.0553. The summed E-state index contributed by atoms with van der Waals surface area (Å²) in [5, 5.41) is 24.0. The van der Waals surface area contributed by atoms with Crippen molar-refractivity contribution in [3.8, 4) is 5.75 Å². The molecule has 0 radical (unpaired) electrons. The zero-order chi connectivity index (χ0) is 24.2. The molecule has 10 heteroatoms. The summed E-state index contributed by atoms with van der Waals surface area (Å²) >= 11 is 0.